The van der Waals surface area contributed by atoms with Gasteiger partial charge in [0.05, 0.1) is 11.4 Å². The molecule has 1 aromatic rings. The Bertz CT molecular complexity index is 730. The van der Waals surface area contributed by atoms with Crippen molar-refractivity contribution in [2.75, 3.05) is 9.62 Å². The standard InChI is InChI=1S/C26H46N2O3S.K/c1-2-3-4-5-6-7-8-9-10-11-12-13-14-15-16-17-18-23-26-27-24-21-19-20-22-25(24)28(26)32(29,30)31;/h19-22,26-27H,2-18,23H2,1H3,(H,29,30,31);/q;+1/p-1. The molecule has 0 amide bonds. The van der Waals surface area contributed by atoms with Crippen LogP contribution in [0.25, 0.3) is 0 Å². The minimum Gasteiger partial charge on any atom is -0.731 e. The molecule has 33 heavy (non-hydrogen) atoms. The molecule has 1 aromatic carbocycles. The van der Waals surface area contributed by atoms with Gasteiger partial charge in [0.1, 0.15) is 6.17 Å². The van der Waals surface area contributed by atoms with Crippen molar-refractivity contribution in [3.05, 3.63) is 24.3 Å². The first kappa shape index (κ1) is 31.4. The van der Waals surface area contributed by atoms with Gasteiger partial charge < -0.3 is 9.87 Å². The molecule has 2 rings (SSSR count). The molecule has 0 aliphatic carbocycles. The second-order valence-electron chi connectivity index (χ2n) is 9.38. The van der Waals surface area contributed by atoms with Gasteiger partial charge in [-0.3, -0.25) is 4.31 Å². The molecule has 1 atom stereocenters. The summed E-state index contributed by atoms with van der Waals surface area (Å²) >= 11 is 0. The summed E-state index contributed by atoms with van der Waals surface area (Å²) < 4.78 is 36.2. The van der Waals surface area contributed by atoms with E-state index in [0.29, 0.717) is 12.1 Å². The largest absolute Gasteiger partial charge is 1.00 e. The first-order valence-corrected chi connectivity index (χ1v) is 14.5. The van der Waals surface area contributed by atoms with Gasteiger partial charge in [-0.15, -0.1) is 0 Å². The van der Waals surface area contributed by atoms with E-state index in [1.165, 1.54) is 96.3 Å². The van der Waals surface area contributed by atoms with Crippen LogP contribution in [0.4, 0.5) is 11.4 Å². The van der Waals surface area contributed by atoms with Crippen molar-refractivity contribution in [3.63, 3.8) is 0 Å². The van der Waals surface area contributed by atoms with Crippen LogP contribution in [0.15, 0.2) is 24.3 Å². The molecule has 5 nitrogen and oxygen atoms in total. The van der Waals surface area contributed by atoms with Crippen LogP contribution in [0.5, 0.6) is 0 Å². The maximum Gasteiger partial charge on any atom is 1.00 e. The van der Waals surface area contributed by atoms with E-state index in [9.17, 15) is 13.0 Å². The Morgan fingerprint density at radius 3 is 1.64 bits per heavy atom. The first-order valence-electron chi connectivity index (χ1n) is 13.1. The molecule has 7 heteroatoms. The van der Waals surface area contributed by atoms with Crippen LogP contribution in [-0.2, 0) is 10.3 Å². The summed E-state index contributed by atoms with van der Waals surface area (Å²) in [7, 11) is -4.52. The van der Waals surface area contributed by atoms with Crippen LogP contribution in [-0.4, -0.2) is 19.1 Å². The molecule has 0 spiro atoms. The third-order valence-electron chi connectivity index (χ3n) is 6.57. The molecule has 0 aromatic heterocycles. The molecule has 0 fully saturated rings. The van der Waals surface area contributed by atoms with Gasteiger partial charge in [0.25, 0.3) is 0 Å². The molecule has 1 N–H and O–H groups in total. The zero-order chi connectivity index (χ0) is 23.1. The molecular weight excluding hydrogens is 459 g/mol. The van der Waals surface area contributed by atoms with Crippen molar-refractivity contribution in [3.8, 4) is 0 Å². The number of fused-ring (bicyclic) bond motifs is 1. The summed E-state index contributed by atoms with van der Waals surface area (Å²) in [5.41, 5.74) is 1.20. The van der Waals surface area contributed by atoms with Crippen LogP contribution < -0.4 is 61.0 Å². The topological polar surface area (TPSA) is 72.5 Å². The minimum atomic E-state index is -4.52. The summed E-state index contributed by atoms with van der Waals surface area (Å²) in [5.74, 6) is 0. The van der Waals surface area contributed by atoms with Gasteiger partial charge in [0.15, 0.2) is 10.3 Å². The molecule has 0 saturated carbocycles. The monoisotopic (exact) mass is 504 g/mol. The summed E-state index contributed by atoms with van der Waals surface area (Å²) in [6.07, 6.45) is 22.7. The number of nitrogens with zero attached hydrogens (tertiary/aromatic N) is 1. The molecule has 184 valence electrons. The van der Waals surface area contributed by atoms with E-state index in [0.717, 1.165) is 22.8 Å². The van der Waals surface area contributed by atoms with Crippen molar-refractivity contribution in [2.45, 2.75) is 129 Å². The second-order valence-corrected chi connectivity index (χ2v) is 10.6. The van der Waals surface area contributed by atoms with Crippen LogP contribution in [0.3, 0.4) is 0 Å². The average Bonchev–Trinajstić information content (AvgIpc) is 3.14. The predicted molar refractivity (Wildman–Crippen MR) is 135 cm³/mol. The van der Waals surface area contributed by atoms with Gasteiger partial charge in [0, 0.05) is 0 Å². The van der Waals surface area contributed by atoms with E-state index in [-0.39, 0.29) is 51.4 Å². The van der Waals surface area contributed by atoms with Gasteiger partial charge in [-0.1, -0.05) is 122 Å². The summed E-state index contributed by atoms with van der Waals surface area (Å²) in [5, 5.41) is 3.19. The normalized spacial score (nSPS) is 15.2. The van der Waals surface area contributed by atoms with E-state index in [1.807, 2.05) is 12.1 Å². The Morgan fingerprint density at radius 2 is 1.18 bits per heavy atom. The van der Waals surface area contributed by atoms with Crippen molar-refractivity contribution in [1.29, 1.82) is 0 Å². The van der Waals surface area contributed by atoms with Gasteiger partial charge in [0.2, 0.25) is 0 Å². The Hall–Kier alpha value is 0.366. The molecule has 0 bridgehead atoms. The molecule has 1 heterocycles. The number of nitrogens with one attached hydrogen (secondary N) is 1. The average molecular weight is 505 g/mol. The fourth-order valence-corrected chi connectivity index (χ4v) is 5.59. The minimum absolute atomic E-state index is 0. The summed E-state index contributed by atoms with van der Waals surface area (Å²) in [4.78, 5) is 0. The maximum atomic E-state index is 11.7. The van der Waals surface area contributed by atoms with E-state index in [4.69, 9.17) is 0 Å². The Labute approximate surface area is 246 Å². The number of hydrogen-bond donors (Lipinski definition) is 1. The number of hydrogen-bond acceptors (Lipinski definition) is 4. The Morgan fingerprint density at radius 1 is 0.758 bits per heavy atom. The second kappa shape index (κ2) is 18.6. The van der Waals surface area contributed by atoms with Gasteiger partial charge in [-0.2, -0.15) is 0 Å². The van der Waals surface area contributed by atoms with E-state index >= 15 is 0 Å². The zero-order valence-electron chi connectivity index (χ0n) is 21.2. The van der Waals surface area contributed by atoms with E-state index < -0.39 is 16.5 Å². The summed E-state index contributed by atoms with van der Waals surface area (Å²) in [6, 6.07) is 7.12. The fraction of sp³-hybridized carbons (Fsp3) is 0.769. The Balaban J connectivity index is 0.00000544. The van der Waals surface area contributed by atoms with Crippen LogP contribution >= 0.6 is 0 Å². The SMILES string of the molecule is CCCCCCCCCCCCCCCCCCCC1Nc2ccccc2N1S(=O)(=O)[O-].[K+]. The molecule has 1 aliphatic heterocycles. The molecule has 0 radical (unpaired) electrons. The third-order valence-corrected chi connectivity index (χ3v) is 7.50. The van der Waals surface area contributed by atoms with Gasteiger partial charge in [-0.05, 0) is 25.0 Å². The summed E-state index contributed by atoms with van der Waals surface area (Å²) in [6.45, 7) is 2.27. The third kappa shape index (κ3) is 12.8. The maximum absolute atomic E-state index is 11.7. The number of benzene rings is 1. The van der Waals surface area contributed by atoms with Crippen molar-refractivity contribution >= 4 is 21.7 Å². The number of unbranched alkanes of at least 4 members (excludes halogenated alkanes) is 16. The molecular formula is C26H45KN2O3S. The molecule has 1 unspecified atom stereocenters. The van der Waals surface area contributed by atoms with Crippen molar-refractivity contribution in [1.82, 2.24) is 0 Å². The molecule has 1 aliphatic rings. The molecule has 0 saturated heterocycles. The first-order chi connectivity index (χ1) is 15.5. The van der Waals surface area contributed by atoms with Gasteiger partial charge >= 0.3 is 51.4 Å². The number of rotatable bonds is 19. The number of anilines is 2. The smallest absolute Gasteiger partial charge is 0.731 e. The zero-order valence-corrected chi connectivity index (χ0v) is 25.1. The quantitative estimate of drug-likeness (QED) is 0.168. The van der Waals surface area contributed by atoms with E-state index in [1.54, 1.807) is 12.1 Å². The van der Waals surface area contributed by atoms with Crippen LogP contribution in [0.2, 0.25) is 0 Å². The van der Waals surface area contributed by atoms with Gasteiger partial charge in [-0.25, -0.2) is 8.42 Å². The van der Waals surface area contributed by atoms with Crippen LogP contribution in [0.1, 0.15) is 122 Å². The van der Waals surface area contributed by atoms with Crippen molar-refractivity contribution < 1.29 is 64.4 Å². The van der Waals surface area contributed by atoms with E-state index in [2.05, 4.69) is 12.2 Å². The van der Waals surface area contributed by atoms with Crippen LogP contribution in [0, 0.1) is 0 Å². The predicted octanol–water partition coefficient (Wildman–Crippen LogP) is 4.75. The van der Waals surface area contributed by atoms with Crippen molar-refractivity contribution in [2.24, 2.45) is 0 Å². The Kier molecular flexibility index (Phi) is 17.7. The fourth-order valence-electron chi connectivity index (χ4n) is 4.72. The number of para-hydroxylation sites is 2.